The Morgan fingerprint density at radius 2 is 2.10 bits per heavy atom. The topological polar surface area (TPSA) is 54.2 Å². The summed E-state index contributed by atoms with van der Waals surface area (Å²) in [5, 5.41) is 7.87. The van der Waals surface area contributed by atoms with Gasteiger partial charge in [-0.25, -0.2) is 0 Å². The van der Waals surface area contributed by atoms with Gasteiger partial charge in [0.15, 0.2) is 5.82 Å². The third kappa shape index (κ3) is 3.64. The smallest absolute Gasteiger partial charge is 0.223 e. The zero-order valence-electron chi connectivity index (χ0n) is 13.3. The maximum atomic E-state index is 5.11. The van der Waals surface area contributed by atoms with Crippen LogP contribution in [0.1, 0.15) is 57.2 Å². The summed E-state index contributed by atoms with van der Waals surface area (Å²) in [6, 6.07) is 1.23. The van der Waals surface area contributed by atoms with Crippen molar-refractivity contribution in [2.24, 2.45) is 5.92 Å². The molecule has 1 N–H and O–H groups in total. The molecule has 2 unspecified atom stereocenters. The normalized spacial score (nSPS) is 28.9. The minimum Gasteiger partial charge on any atom is -0.340 e. The van der Waals surface area contributed by atoms with Gasteiger partial charge in [0.2, 0.25) is 5.89 Å². The average molecular weight is 292 g/mol. The predicted octanol–water partition coefficient (Wildman–Crippen LogP) is 2.51. The van der Waals surface area contributed by atoms with Crippen LogP contribution in [0.2, 0.25) is 0 Å². The Morgan fingerprint density at radius 3 is 2.76 bits per heavy atom. The molecule has 0 spiro atoms. The highest BCUT2D eigenvalue weighted by atomic mass is 16.5. The number of hydrogen-bond donors (Lipinski definition) is 1. The first-order valence-corrected chi connectivity index (χ1v) is 8.53. The van der Waals surface area contributed by atoms with Crippen molar-refractivity contribution in [1.29, 1.82) is 0 Å². The Balaban J connectivity index is 1.63. The second-order valence-electron chi connectivity index (χ2n) is 6.63. The Hall–Kier alpha value is -0.940. The molecule has 0 amide bonds. The third-order valence-electron chi connectivity index (χ3n) is 5.17. The van der Waals surface area contributed by atoms with Gasteiger partial charge in [-0.05, 0) is 25.2 Å². The molecule has 1 saturated heterocycles. The second-order valence-corrected chi connectivity index (χ2v) is 6.63. The number of aryl methyl sites for hydroxylation is 1. The van der Waals surface area contributed by atoms with Gasteiger partial charge in [-0.2, -0.15) is 4.98 Å². The van der Waals surface area contributed by atoms with E-state index in [4.69, 9.17) is 4.52 Å². The molecule has 2 heterocycles. The molecule has 3 rings (SSSR count). The van der Waals surface area contributed by atoms with Gasteiger partial charge < -0.3 is 9.84 Å². The van der Waals surface area contributed by atoms with E-state index >= 15 is 0 Å². The molecule has 5 nitrogen and oxygen atoms in total. The fourth-order valence-electron chi connectivity index (χ4n) is 3.92. The summed E-state index contributed by atoms with van der Waals surface area (Å²) >= 11 is 0. The van der Waals surface area contributed by atoms with E-state index < -0.39 is 0 Å². The summed E-state index contributed by atoms with van der Waals surface area (Å²) in [6.45, 7) is 7.16. The Labute approximate surface area is 127 Å². The van der Waals surface area contributed by atoms with E-state index in [1.54, 1.807) is 0 Å². The molecule has 2 atom stereocenters. The summed E-state index contributed by atoms with van der Waals surface area (Å²) in [7, 11) is 0. The van der Waals surface area contributed by atoms with Crippen molar-refractivity contribution < 1.29 is 4.52 Å². The largest absolute Gasteiger partial charge is 0.340 e. The Morgan fingerprint density at radius 1 is 1.29 bits per heavy atom. The highest BCUT2D eigenvalue weighted by molar-refractivity contribution is 4.93. The predicted molar refractivity (Wildman–Crippen MR) is 81.9 cm³/mol. The molecule has 5 heteroatoms. The molecule has 0 bridgehead atoms. The first-order valence-electron chi connectivity index (χ1n) is 8.53. The lowest BCUT2D eigenvalue weighted by molar-refractivity contribution is 0.0844. The third-order valence-corrected chi connectivity index (χ3v) is 5.17. The maximum Gasteiger partial charge on any atom is 0.223 e. The summed E-state index contributed by atoms with van der Waals surface area (Å²) in [4.78, 5) is 6.93. The Kier molecular flexibility index (Phi) is 4.91. The van der Waals surface area contributed by atoms with Gasteiger partial charge in [-0.1, -0.05) is 31.3 Å². The minimum absolute atomic E-state index is 0.587. The molecular weight excluding hydrogens is 264 g/mol. The lowest BCUT2D eigenvalue weighted by atomic mass is 9.82. The Bertz CT molecular complexity index is 441. The van der Waals surface area contributed by atoms with Crippen molar-refractivity contribution in [2.75, 3.05) is 13.1 Å². The second kappa shape index (κ2) is 6.88. The van der Waals surface area contributed by atoms with Crippen LogP contribution in [0.5, 0.6) is 0 Å². The van der Waals surface area contributed by atoms with Crippen molar-refractivity contribution in [3.05, 3.63) is 11.7 Å². The van der Waals surface area contributed by atoms with Gasteiger partial charge in [0.25, 0.3) is 0 Å². The van der Waals surface area contributed by atoms with E-state index in [0.29, 0.717) is 18.0 Å². The molecule has 1 aliphatic carbocycles. The molecule has 21 heavy (non-hydrogen) atoms. The van der Waals surface area contributed by atoms with Crippen molar-refractivity contribution in [3.63, 3.8) is 0 Å². The van der Waals surface area contributed by atoms with Crippen molar-refractivity contribution in [3.8, 4) is 0 Å². The van der Waals surface area contributed by atoms with Crippen LogP contribution >= 0.6 is 0 Å². The summed E-state index contributed by atoms with van der Waals surface area (Å²) < 4.78 is 5.11. The van der Waals surface area contributed by atoms with Crippen LogP contribution < -0.4 is 5.32 Å². The van der Waals surface area contributed by atoms with E-state index in [1.165, 1.54) is 38.5 Å². The number of piperazine rings is 1. The summed E-state index contributed by atoms with van der Waals surface area (Å²) in [6.07, 6.45) is 8.19. The summed E-state index contributed by atoms with van der Waals surface area (Å²) in [5.74, 6) is 2.35. The van der Waals surface area contributed by atoms with Crippen LogP contribution in [0.15, 0.2) is 4.52 Å². The molecule has 0 radical (unpaired) electrons. The lowest BCUT2D eigenvalue weighted by Gasteiger charge is -2.43. The van der Waals surface area contributed by atoms with E-state index in [-0.39, 0.29) is 0 Å². The molecule has 0 aromatic carbocycles. The van der Waals surface area contributed by atoms with Gasteiger partial charge in [0.1, 0.15) is 0 Å². The van der Waals surface area contributed by atoms with Gasteiger partial charge in [-0.15, -0.1) is 0 Å². The van der Waals surface area contributed by atoms with E-state index in [1.807, 2.05) is 6.92 Å². The number of nitrogens with zero attached hydrogens (tertiary/aromatic N) is 3. The van der Waals surface area contributed by atoms with Crippen molar-refractivity contribution in [1.82, 2.24) is 20.4 Å². The lowest BCUT2D eigenvalue weighted by Crippen LogP contribution is -2.58. The molecule has 2 aliphatic rings. The van der Waals surface area contributed by atoms with Crippen LogP contribution in [0.3, 0.4) is 0 Å². The SMILES string of the molecule is CCC1CNC(C2CCCCC2)CN1Cc1noc(C)n1. The first-order chi connectivity index (χ1) is 10.3. The molecule has 1 aromatic heterocycles. The quantitative estimate of drug-likeness (QED) is 0.924. The van der Waals surface area contributed by atoms with Gasteiger partial charge in [0, 0.05) is 32.1 Å². The molecule has 1 aliphatic heterocycles. The highest BCUT2D eigenvalue weighted by Gasteiger charge is 2.32. The zero-order valence-corrected chi connectivity index (χ0v) is 13.3. The van der Waals surface area contributed by atoms with Crippen LogP contribution in [-0.4, -0.2) is 40.2 Å². The molecular formula is C16H28N4O. The zero-order chi connectivity index (χ0) is 14.7. The average Bonchev–Trinajstić information content (AvgIpc) is 2.93. The fraction of sp³-hybridized carbons (Fsp3) is 0.875. The number of rotatable bonds is 4. The van der Waals surface area contributed by atoms with Crippen LogP contribution in [-0.2, 0) is 6.54 Å². The molecule has 1 aromatic rings. The molecule has 118 valence electrons. The molecule has 2 fully saturated rings. The highest BCUT2D eigenvalue weighted by Crippen LogP contribution is 2.29. The van der Waals surface area contributed by atoms with E-state index in [0.717, 1.165) is 31.4 Å². The number of aromatic nitrogens is 2. The van der Waals surface area contributed by atoms with Crippen molar-refractivity contribution >= 4 is 0 Å². The van der Waals surface area contributed by atoms with E-state index in [2.05, 4.69) is 27.3 Å². The van der Waals surface area contributed by atoms with Crippen LogP contribution in [0.4, 0.5) is 0 Å². The van der Waals surface area contributed by atoms with Crippen LogP contribution in [0.25, 0.3) is 0 Å². The van der Waals surface area contributed by atoms with Gasteiger partial charge >= 0.3 is 0 Å². The first kappa shape index (κ1) is 15.0. The molecule has 1 saturated carbocycles. The van der Waals surface area contributed by atoms with E-state index in [9.17, 15) is 0 Å². The number of nitrogens with one attached hydrogen (secondary N) is 1. The minimum atomic E-state index is 0.587. The van der Waals surface area contributed by atoms with Crippen molar-refractivity contribution in [2.45, 2.75) is 71.0 Å². The standard InChI is InChI=1S/C16H28N4O/c1-3-14-9-17-15(13-7-5-4-6-8-13)10-20(14)11-16-18-12(2)21-19-16/h13-15,17H,3-11H2,1-2H3. The van der Waals surface area contributed by atoms with Crippen LogP contribution in [0, 0.1) is 12.8 Å². The number of hydrogen-bond acceptors (Lipinski definition) is 5. The van der Waals surface area contributed by atoms with Gasteiger partial charge in [0.05, 0.1) is 6.54 Å². The van der Waals surface area contributed by atoms with Gasteiger partial charge in [-0.3, -0.25) is 4.90 Å². The summed E-state index contributed by atoms with van der Waals surface area (Å²) in [5.41, 5.74) is 0. The monoisotopic (exact) mass is 292 g/mol. The fourth-order valence-corrected chi connectivity index (χ4v) is 3.92. The maximum absolute atomic E-state index is 5.11.